The number of nitrogens with one attached hydrogen (secondary N) is 1. The Morgan fingerprint density at radius 2 is 1.88 bits per heavy atom. The largest absolute Gasteiger partial charge is 0.456 e. The molecule has 0 bridgehead atoms. The summed E-state index contributed by atoms with van der Waals surface area (Å²) in [6, 6.07) is 11.1. The maximum absolute atomic E-state index is 12.1. The topological polar surface area (TPSA) is 72.5 Å². The molecule has 0 aliphatic rings. The molecular weight excluding hydrogens is 350 g/mol. The maximum atomic E-state index is 12.1. The third kappa shape index (κ3) is 5.81. The quantitative estimate of drug-likeness (QED) is 0.522. The zero-order valence-electron chi connectivity index (χ0n) is 15.0. The van der Waals surface area contributed by atoms with E-state index < -0.39 is 11.9 Å². The number of rotatable bonds is 9. The Labute approximate surface area is 157 Å². The summed E-state index contributed by atoms with van der Waals surface area (Å²) in [6.07, 6.45) is 1.01. The number of Topliss-reactive ketones (excluding diaryl/α,β-unsaturated/α-hetero) is 1. The van der Waals surface area contributed by atoms with Crippen LogP contribution >= 0.6 is 11.3 Å². The van der Waals surface area contributed by atoms with Gasteiger partial charge in [0.05, 0.1) is 11.3 Å². The zero-order chi connectivity index (χ0) is 18.9. The summed E-state index contributed by atoms with van der Waals surface area (Å²) in [7, 11) is 0. The van der Waals surface area contributed by atoms with Gasteiger partial charge in [-0.15, -0.1) is 11.3 Å². The van der Waals surface area contributed by atoms with Crippen LogP contribution in [0, 0.1) is 0 Å². The van der Waals surface area contributed by atoms with Crippen molar-refractivity contribution in [1.82, 2.24) is 0 Å². The number of anilines is 1. The number of amides is 1. The van der Waals surface area contributed by atoms with Crippen molar-refractivity contribution in [3.8, 4) is 0 Å². The lowest BCUT2D eigenvalue weighted by molar-refractivity contribution is -0.147. The number of para-hydroxylation sites is 1. The van der Waals surface area contributed by atoms with E-state index in [1.54, 1.807) is 12.1 Å². The number of hydrogen-bond acceptors (Lipinski definition) is 5. The zero-order valence-corrected chi connectivity index (χ0v) is 15.8. The Morgan fingerprint density at radius 1 is 1.12 bits per heavy atom. The van der Waals surface area contributed by atoms with Crippen LogP contribution in [0.3, 0.4) is 0 Å². The van der Waals surface area contributed by atoms with Crippen LogP contribution in [-0.4, -0.2) is 24.3 Å². The molecule has 2 rings (SSSR count). The summed E-state index contributed by atoms with van der Waals surface area (Å²) in [4.78, 5) is 36.3. The summed E-state index contributed by atoms with van der Waals surface area (Å²) < 4.78 is 4.97. The van der Waals surface area contributed by atoms with Crippen LogP contribution in [0.1, 0.15) is 54.3 Å². The molecule has 1 atom stereocenters. The standard InChI is InChI=1S/C20H23NO4S/c1-3-14(2)15-7-4-5-8-16(15)21-19(23)13-25-20(24)11-10-17(22)18-9-6-12-26-18/h4-9,12,14H,3,10-11,13H2,1-2H3,(H,21,23)/t14-/m1/s1. The normalized spacial score (nSPS) is 11.6. The molecule has 0 unspecified atom stereocenters. The van der Waals surface area contributed by atoms with Gasteiger partial charge in [0.15, 0.2) is 12.4 Å². The van der Waals surface area contributed by atoms with E-state index in [0.717, 1.165) is 17.7 Å². The van der Waals surface area contributed by atoms with E-state index in [9.17, 15) is 14.4 Å². The van der Waals surface area contributed by atoms with Crippen molar-refractivity contribution < 1.29 is 19.1 Å². The minimum absolute atomic E-state index is 0.0343. The highest BCUT2D eigenvalue weighted by Gasteiger charge is 2.14. The van der Waals surface area contributed by atoms with Crippen LogP contribution in [0.2, 0.25) is 0 Å². The van der Waals surface area contributed by atoms with Crippen molar-refractivity contribution in [2.75, 3.05) is 11.9 Å². The number of esters is 1. The van der Waals surface area contributed by atoms with Crippen molar-refractivity contribution in [2.24, 2.45) is 0 Å². The second kappa shape index (κ2) is 9.87. The van der Waals surface area contributed by atoms with E-state index in [2.05, 4.69) is 19.2 Å². The summed E-state index contributed by atoms with van der Waals surface area (Å²) >= 11 is 1.34. The molecule has 5 nitrogen and oxygen atoms in total. The highest BCUT2D eigenvalue weighted by atomic mass is 32.1. The number of carbonyl (C=O) groups is 3. The average Bonchev–Trinajstić information content (AvgIpc) is 3.19. The molecule has 1 aromatic carbocycles. The molecule has 0 aliphatic heterocycles. The molecule has 0 radical (unpaired) electrons. The predicted octanol–water partition coefficient (Wildman–Crippen LogP) is 4.41. The lowest BCUT2D eigenvalue weighted by atomic mass is 9.97. The van der Waals surface area contributed by atoms with Gasteiger partial charge in [0, 0.05) is 12.1 Å². The third-order valence-corrected chi connectivity index (χ3v) is 5.01. The van der Waals surface area contributed by atoms with Crippen LogP contribution < -0.4 is 5.32 Å². The van der Waals surface area contributed by atoms with Gasteiger partial charge >= 0.3 is 5.97 Å². The Bertz CT molecular complexity index is 755. The molecule has 1 N–H and O–H groups in total. The summed E-state index contributed by atoms with van der Waals surface area (Å²) in [5, 5.41) is 4.60. The fraction of sp³-hybridized carbons (Fsp3) is 0.350. The lowest BCUT2D eigenvalue weighted by Crippen LogP contribution is -2.22. The Morgan fingerprint density at radius 3 is 2.58 bits per heavy atom. The van der Waals surface area contributed by atoms with E-state index in [4.69, 9.17) is 4.74 Å². The Balaban J connectivity index is 1.78. The fourth-order valence-electron chi connectivity index (χ4n) is 2.44. The highest BCUT2D eigenvalue weighted by Crippen LogP contribution is 2.26. The second-order valence-electron chi connectivity index (χ2n) is 6.01. The SMILES string of the molecule is CC[C@@H](C)c1ccccc1NC(=O)COC(=O)CCC(=O)c1cccs1. The highest BCUT2D eigenvalue weighted by molar-refractivity contribution is 7.12. The van der Waals surface area contributed by atoms with E-state index >= 15 is 0 Å². The molecule has 138 valence electrons. The molecular formula is C20H23NO4S. The first-order valence-corrected chi connectivity index (χ1v) is 9.50. The minimum atomic E-state index is -0.555. The molecule has 0 saturated heterocycles. The van der Waals surface area contributed by atoms with Gasteiger partial charge in [-0.2, -0.15) is 0 Å². The molecule has 1 amide bonds. The van der Waals surface area contributed by atoms with Crippen molar-refractivity contribution >= 4 is 34.7 Å². The predicted molar refractivity (Wildman–Crippen MR) is 103 cm³/mol. The van der Waals surface area contributed by atoms with Crippen molar-refractivity contribution in [1.29, 1.82) is 0 Å². The minimum Gasteiger partial charge on any atom is -0.456 e. The molecule has 0 saturated carbocycles. The van der Waals surface area contributed by atoms with E-state index in [1.807, 2.05) is 29.6 Å². The fourth-order valence-corrected chi connectivity index (χ4v) is 3.14. The van der Waals surface area contributed by atoms with Crippen LogP contribution in [0.5, 0.6) is 0 Å². The number of carbonyl (C=O) groups excluding carboxylic acids is 3. The van der Waals surface area contributed by atoms with Crippen LogP contribution in [0.25, 0.3) is 0 Å². The number of ketones is 1. The second-order valence-corrected chi connectivity index (χ2v) is 6.95. The molecule has 1 heterocycles. The van der Waals surface area contributed by atoms with Gasteiger partial charge in [0.2, 0.25) is 0 Å². The van der Waals surface area contributed by atoms with Gasteiger partial charge in [-0.1, -0.05) is 38.1 Å². The monoisotopic (exact) mass is 373 g/mol. The number of benzene rings is 1. The summed E-state index contributed by atoms with van der Waals surface area (Å²) in [6.45, 7) is 3.82. The third-order valence-electron chi connectivity index (χ3n) is 4.09. The van der Waals surface area contributed by atoms with E-state index in [1.165, 1.54) is 11.3 Å². The summed E-state index contributed by atoms with van der Waals surface area (Å²) in [5.41, 5.74) is 1.78. The van der Waals surface area contributed by atoms with Gasteiger partial charge in [-0.05, 0) is 35.4 Å². The Hall–Kier alpha value is -2.47. The van der Waals surface area contributed by atoms with Crippen molar-refractivity contribution in [3.63, 3.8) is 0 Å². The molecule has 0 aliphatic carbocycles. The number of ether oxygens (including phenoxy) is 1. The van der Waals surface area contributed by atoms with Crippen LogP contribution in [0.15, 0.2) is 41.8 Å². The summed E-state index contributed by atoms with van der Waals surface area (Å²) in [5.74, 6) is -0.722. The molecule has 2 aromatic rings. The Kier molecular flexibility index (Phi) is 7.53. The van der Waals surface area contributed by atoms with Crippen LogP contribution in [-0.2, 0) is 14.3 Å². The van der Waals surface area contributed by atoms with Crippen molar-refractivity contribution in [3.05, 3.63) is 52.2 Å². The molecule has 1 aromatic heterocycles. The van der Waals surface area contributed by atoms with E-state index in [0.29, 0.717) is 10.8 Å². The lowest BCUT2D eigenvalue weighted by Gasteiger charge is -2.15. The first-order valence-electron chi connectivity index (χ1n) is 8.62. The van der Waals surface area contributed by atoms with Gasteiger partial charge in [-0.3, -0.25) is 14.4 Å². The van der Waals surface area contributed by atoms with Gasteiger partial charge in [0.1, 0.15) is 0 Å². The van der Waals surface area contributed by atoms with Gasteiger partial charge in [-0.25, -0.2) is 0 Å². The van der Waals surface area contributed by atoms with Crippen molar-refractivity contribution in [2.45, 2.75) is 39.0 Å². The maximum Gasteiger partial charge on any atom is 0.306 e. The van der Waals surface area contributed by atoms with Crippen LogP contribution in [0.4, 0.5) is 5.69 Å². The van der Waals surface area contributed by atoms with Gasteiger partial charge in [0.25, 0.3) is 5.91 Å². The molecule has 0 spiro atoms. The molecule has 26 heavy (non-hydrogen) atoms. The smallest absolute Gasteiger partial charge is 0.306 e. The number of hydrogen-bond donors (Lipinski definition) is 1. The molecule has 0 fully saturated rings. The van der Waals surface area contributed by atoms with E-state index in [-0.39, 0.29) is 25.2 Å². The number of thiophene rings is 1. The first kappa shape index (κ1) is 19.8. The first-order chi connectivity index (χ1) is 12.5. The average molecular weight is 373 g/mol. The molecule has 6 heteroatoms. The van der Waals surface area contributed by atoms with Gasteiger partial charge < -0.3 is 10.1 Å².